The van der Waals surface area contributed by atoms with Crippen LogP contribution in [0.4, 0.5) is 0 Å². The van der Waals surface area contributed by atoms with Gasteiger partial charge in [-0.1, -0.05) is 30.4 Å². The topological polar surface area (TPSA) is 195 Å². The van der Waals surface area contributed by atoms with Crippen molar-refractivity contribution in [2.24, 2.45) is 0 Å². The van der Waals surface area contributed by atoms with Gasteiger partial charge in [-0.15, -0.1) is 0 Å². The number of carboxylic acids is 1. The molecule has 0 aromatic carbocycles. The highest BCUT2D eigenvalue weighted by Gasteiger charge is 2.45. The third-order valence-electron chi connectivity index (χ3n) is 6.46. The fourth-order valence-electron chi connectivity index (χ4n) is 4.22. The number of carbonyl (C=O) groups is 4. The Morgan fingerprint density at radius 3 is 2.06 bits per heavy atom. The quantitative estimate of drug-likeness (QED) is 0.0864. The van der Waals surface area contributed by atoms with Gasteiger partial charge in [0.15, 0.2) is 0 Å². The highest BCUT2D eigenvalue weighted by Crippen LogP contribution is 2.34. The number of aliphatic hydroxyl groups is 3. The van der Waals surface area contributed by atoms with Crippen LogP contribution in [0.2, 0.25) is 0 Å². The van der Waals surface area contributed by atoms with Gasteiger partial charge in [-0.25, -0.2) is 19.2 Å². The Hall–Kier alpha value is -3.88. The number of carbonyl (C=O) groups excluding carboxylic acids is 3. The van der Waals surface area contributed by atoms with Gasteiger partial charge in [-0.05, 0) is 71.6 Å². The summed E-state index contributed by atoms with van der Waals surface area (Å²) in [6.07, 6.45) is 10.8. The molecule has 0 spiro atoms. The van der Waals surface area contributed by atoms with Crippen LogP contribution in [-0.2, 0) is 42.9 Å². The number of hydrogen-bond donors (Lipinski definition) is 4. The Labute approximate surface area is 275 Å². The molecule has 0 saturated carbocycles. The van der Waals surface area contributed by atoms with Gasteiger partial charge < -0.3 is 44.1 Å². The SMILES string of the molecule is CC(C)OC(=O)/C=C\C=C\[C@@H](OCCC1=CC(=O)OC1)[C@H](C)O.CC(C)OC(=O)/C=C\C=C\[C@]1([C@H](C)O)OCC/C(=C\C(=O)O)[C@@H]1O. The summed E-state index contributed by atoms with van der Waals surface area (Å²) in [6, 6.07) is 0. The molecule has 2 heterocycles. The molecule has 0 aliphatic carbocycles. The smallest absolute Gasteiger partial charge is 0.331 e. The highest BCUT2D eigenvalue weighted by molar-refractivity contribution is 5.85. The second-order valence-corrected chi connectivity index (χ2v) is 11.3. The number of ether oxygens (including phenoxy) is 5. The predicted molar refractivity (Wildman–Crippen MR) is 171 cm³/mol. The summed E-state index contributed by atoms with van der Waals surface area (Å²) < 4.78 is 25.8. The maximum absolute atomic E-state index is 11.4. The number of esters is 3. The fourth-order valence-corrected chi connectivity index (χ4v) is 4.22. The van der Waals surface area contributed by atoms with Gasteiger partial charge in [0.1, 0.15) is 24.4 Å². The van der Waals surface area contributed by atoms with Crippen molar-refractivity contribution in [1.29, 1.82) is 0 Å². The lowest BCUT2D eigenvalue weighted by molar-refractivity contribution is -0.153. The Morgan fingerprint density at radius 2 is 1.57 bits per heavy atom. The van der Waals surface area contributed by atoms with Gasteiger partial charge >= 0.3 is 23.9 Å². The van der Waals surface area contributed by atoms with Crippen molar-refractivity contribution in [2.45, 2.75) is 96.6 Å². The molecule has 2 aliphatic heterocycles. The van der Waals surface area contributed by atoms with Crippen LogP contribution in [0.1, 0.15) is 54.4 Å². The van der Waals surface area contributed by atoms with E-state index in [-0.39, 0.29) is 36.8 Å². The molecule has 5 atom stereocenters. The highest BCUT2D eigenvalue weighted by atomic mass is 16.6. The lowest BCUT2D eigenvalue weighted by atomic mass is 9.82. The van der Waals surface area contributed by atoms with Crippen LogP contribution < -0.4 is 0 Å². The van der Waals surface area contributed by atoms with Crippen molar-refractivity contribution in [3.63, 3.8) is 0 Å². The zero-order valence-electron chi connectivity index (χ0n) is 27.7. The van der Waals surface area contributed by atoms with Crippen molar-refractivity contribution in [3.8, 4) is 0 Å². The molecular formula is C34H48O13. The summed E-state index contributed by atoms with van der Waals surface area (Å²) in [6.45, 7) is 10.9. The van der Waals surface area contributed by atoms with Gasteiger partial charge in [-0.3, -0.25) is 0 Å². The number of aliphatic carboxylic acids is 1. The first kappa shape index (κ1) is 41.1. The second kappa shape index (κ2) is 21.1. The van der Waals surface area contributed by atoms with Gasteiger partial charge in [0.25, 0.3) is 0 Å². The van der Waals surface area contributed by atoms with E-state index in [1.54, 1.807) is 46.8 Å². The molecule has 0 aromatic heterocycles. The molecule has 0 radical (unpaired) electrons. The molecule has 0 unspecified atom stereocenters. The van der Waals surface area contributed by atoms with Crippen molar-refractivity contribution in [3.05, 3.63) is 71.9 Å². The van der Waals surface area contributed by atoms with E-state index in [0.717, 1.165) is 11.6 Å². The van der Waals surface area contributed by atoms with E-state index < -0.39 is 47.9 Å². The van der Waals surface area contributed by atoms with Crippen LogP contribution in [0.25, 0.3) is 0 Å². The first-order valence-electron chi connectivity index (χ1n) is 15.3. The zero-order valence-corrected chi connectivity index (χ0v) is 27.7. The first-order valence-corrected chi connectivity index (χ1v) is 15.3. The fraction of sp³-hybridized carbons (Fsp3) is 0.529. The third-order valence-corrected chi connectivity index (χ3v) is 6.46. The van der Waals surface area contributed by atoms with Crippen LogP contribution in [-0.4, -0.2) is 106 Å². The molecule has 1 saturated heterocycles. The van der Waals surface area contributed by atoms with Crippen molar-refractivity contribution in [2.75, 3.05) is 19.8 Å². The van der Waals surface area contributed by atoms with E-state index in [2.05, 4.69) is 0 Å². The summed E-state index contributed by atoms with van der Waals surface area (Å²) in [5, 5.41) is 39.0. The minimum Gasteiger partial charge on any atom is -0.478 e. The molecule has 13 nitrogen and oxygen atoms in total. The van der Waals surface area contributed by atoms with Gasteiger partial charge in [-0.2, -0.15) is 0 Å². The van der Waals surface area contributed by atoms with E-state index in [9.17, 15) is 34.5 Å². The lowest BCUT2D eigenvalue weighted by Gasteiger charge is -2.42. The maximum atomic E-state index is 11.4. The van der Waals surface area contributed by atoms with E-state index >= 15 is 0 Å². The average Bonchev–Trinajstić information content (AvgIpc) is 3.38. The molecule has 0 bridgehead atoms. The van der Waals surface area contributed by atoms with Gasteiger partial charge in [0.05, 0.1) is 37.6 Å². The Bertz CT molecular complexity index is 1220. The summed E-state index contributed by atoms with van der Waals surface area (Å²) in [4.78, 5) is 44.5. The van der Waals surface area contributed by atoms with Crippen LogP contribution >= 0.6 is 0 Å². The molecule has 1 fully saturated rings. The number of carboxylic acid groups (broad SMARTS) is 1. The van der Waals surface area contributed by atoms with Crippen LogP contribution in [0.3, 0.4) is 0 Å². The number of allylic oxidation sites excluding steroid dienone is 4. The minimum atomic E-state index is -1.48. The van der Waals surface area contributed by atoms with Crippen molar-refractivity contribution in [1.82, 2.24) is 0 Å². The standard InChI is InChI=1S/C17H24O7.C17H24O6/c1-11(2)24-15(21)6-4-5-8-17(12(3)18)16(22)13(7-9-23-17)10-14(19)20;1-12(2)23-16(19)7-5-4-6-15(13(3)18)21-9-8-14-10-17(20)22-11-14/h4-6,8,10-12,16,18,22H,7,9H2,1-3H3,(H,19,20);4-7,10,12-13,15,18H,8-9,11H2,1-3H3/b6-4-,8-5+,13-10+;6-4+,7-5-/t12-,16-,17+;13-,15+/m00/s1. The Kier molecular flexibility index (Phi) is 18.5. The second-order valence-electron chi connectivity index (χ2n) is 11.3. The van der Waals surface area contributed by atoms with E-state index in [0.29, 0.717) is 19.6 Å². The number of hydrogen-bond acceptors (Lipinski definition) is 12. The van der Waals surface area contributed by atoms with Gasteiger partial charge in [0.2, 0.25) is 0 Å². The molecule has 262 valence electrons. The molecule has 0 aromatic rings. The van der Waals surface area contributed by atoms with Crippen molar-refractivity contribution >= 4 is 23.9 Å². The first-order chi connectivity index (χ1) is 22.1. The number of cyclic esters (lactones) is 1. The molecule has 2 aliphatic rings. The number of rotatable bonds is 15. The van der Waals surface area contributed by atoms with Crippen LogP contribution in [0.5, 0.6) is 0 Å². The molecule has 2 rings (SSSR count). The lowest BCUT2D eigenvalue weighted by Crippen LogP contribution is -2.55. The minimum absolute atomic E-state index is 0.157. The summed E-state index contributed by atoms with van der Waals surface area (Å²) in [5.74, 6) is -2.44. The van der Waals surface area contributed by atoms with Crippen LogP contribution in [0.15, 0.2) is 71.9 Å². The summed E-state index contributed by atoms with van der Waals surface area (Å²) in [7, 11) is 0. The molecule has 0 amide bonds. The largest absolute Gasteiger partial charge is 0.478 e. The molecule has 4 N–H and O–H groups in total. The van der Waals surface area contributed by atoms with Crippen LogP contribution in [0, 0.1) is 0 Å². The summed E-state index contributed by atoms with van der Waals surface area (Å²) in [5.41, 5.74) is -0.339. The third kappa shape index (κ3) is 16.0. The normalized spacial score (nSPS) is 22.9. The molecule has 47 heavy (non-hydrogen) atoms. The summed E-state index contributed by atoms with van der Waals surface area (Å²) >= 11 is 0. The van der Waals surface area contributed by atoms with Gasteiger partial charge in [0, 0.05) is 24.3 Å². The Balaban J connectivity index is 0.000000470. The van der Waals surface area contributed by atoms with E-state index in [4.69, 9.17) is 28.8 Å². The Morgan fingerprint density at radius 1 is 0.979 bits per heavy atom. The van der Waals surface area contributed by atoms with Crippen molar-refractivity contribution < 1.29 is 63.3 Å². The zero-order chi connectivity index (χ0) is 35.6. The molecular weight excluding hydrogens is 616 g/mol. The maximum Gasteiger partial charge on any atom is 0.331 e. The predicted octanol–water partition coefficient (Wildman–Crippen LogP) is 2.65. The monoisotopic (exact) mass is 664 g/mol. The molecule has 13 heteroatoms. The average molecular weight is 665 g/mol. The van der Waals surface area contributed by atoms with E-state index in [1.165, 1.54) is 49.5 Å². The number of aliphatic hydroxyl groups excluding tert-OH is 3. The van der Waals surface area contributed by atoms with E-state index in [1.807, 2.05) is 0 Å².